The van der Waals surface area contributed by atoms with Crippen LogP contribution in [0.4, 0.5) is 5.82 Å². The zero-order chi connectivity index (χ0) is 16.5. The van der Waals surface area contributed by atoms with E-state index in [4.69, 9.17) is 27.2 Å². The highest BCUT2D eigenvalue weighted by Crippen LogP contribution is 2.57. The van der Waals surface area contributed by atoms with Gasteiger partial charge in [0.25, 0.3) is 0 Å². The van der Waals surface area contributed by atoms with E-state index in [0.717, 1.165) is 4.57 Å². The van der Waals surface area contributed by atoms with Gasteiger partial charge in [-0.15, -0.1) is 0 Å². The molecule has 0 amide bonds. The molecule has 0 bridgehead atoms. The number of ether oxygens (including phenoxy) is 1. The summed E-state index contributed by atoms with van der Waals surface area (Å²) in [5, 5.41) is 22.6. The summed E-state index contributed by atoms with van der Waals surface area (Å²) in [7, 11) is 1.60. The van der Waals surface area contributed by atoms with E-state index in [1.54, 1.807) is 7.05 Å². The number of nitrogens with zero attached hydrogens (tertiary/aromatic N) is 2. The van der Waals surface area contributed by atoms with Crippen LogP contribution in [0.3, 0.4) is 0 Å². The molecule has 0 aliphatic carbocycles. The van der Waals surface area contributed by atoms with Gasteiger partial charge in [0.2, 0.25) is 0 Å². The van der Waals surface area contributed by atoms with Gasteiger partial charge < -0.3 is 24.8 Å². The number of rotatable bonds is 5. The molecule has 0 radical (unpaired) electrons. The van der Waals surface area contributed by atoms with Crippen molar-refractivity contribution < 1.29 is 24.0 Å². The number of aliphatic hydroxyl groups is 2. The van der Waals surface area contributed by atoms with Gasteiger partial charge >= 0.3 is 11.8 Å². The average molecular weight is 374 g/mol. The Kier molecular flexibility index (Phi) is 5.50. The Bertz CT molecular complexity index is 637. The van der Waals surface area contributed by atoms with Gasteiger partial charge in [-0.3, -0.25) is 9.13 Å². The number of halogens is 2. The summed E-state index contributed by atoms with van der Waals surface area (Å²) in [6.07, 6.45) is -7.43. The van der Waals surface area contributed by atoms with Gasteiger partial charge in [0.1, 0.15) is 24.1 Å². The Balaban J connectivity index is 2.16. The summed E-state index contributed by atoms with van der Waals surface area (Å²) >= 11 is 10.5. The smallest absolute Gasteiger partial charge is 0.380 e. The van der Waals surface area contributed by atoms with Gasteiger partial charge in [-0.25, -0.2) is 4.79 Å². The van der Waals surface area contributed by atoms with Crippen molar-refractivity contribution in [2.24, 2.45) is 0 Å². The SMILES string of the molecule is CNc1ccn([C@@H]2O[C@H](COP(=O)(Cl)Cl)[C@H](O)C2O)c(=O)n1. The number of hydrogen-bond acceptors (Lipinski definition) is 8. The van der Waals surface area contributed by atoms with E-state index in [2.05, 4.69) is 14.8 Å². The molecule has 1 saturated heterocycles. The van der Waals surface area contributed by atoms with Crippen molar-refractivity contribution in [2.45, 2.75) is 24.5 Å². The number of hydrogen-bond donors (Lipinski definition) is 3. The van der Waals surface area contributed by atoms with Crippen LogP contribution in [0.5, 0.6) is 0 Å². The number of aliphatic hydroxyl groups excluding tert-OH is 2. The minimum atomic E-state index is -3.79. The lowest BCUT2D eigenvalue weighted by Gasteiger charge is -2.17. The van der Waals surface area contributed by atoms with Crippen LogP contribution in [0.15, 0.2) is 17.1 Å². The summed E-state index contributed by atoms with van der Waals surface area (Å²) in [5.74, 6) is 0.347. The lowest BCUT2D eigenvalue weighted by atomic mass is 10.1. The first-order valence-electron chi connectivity index (χ1n) is 6.15. The third kappa shape index (κ3) is 3.99. The third-order valence-electron chi connectivity index (χ3n) is 3.09. The van der Waals surface area contributed by atoms with Gasteiger partial charge in [0, 0.05) is 13.2 Å². The Morgan fingerprint density at radius 2 is 2.18 bits per heavy atom. The molecule has 124 valence electrons. The van der Waals surface area contributed by atoms with E-state index < -0.39 is 42.9 Å². The van der Waals surface area contributed by atoms with Crippen molar-refractivity contribution in [2.75, 3.05) is 19.0 Å². The van der Waals surface area contributed by atoms with E-state index in [-0.39, 0.29) is 0 Å². The van der Waals surface area contributed by atoms with Crippen molar-refractivity contribution in [3.05, 3.63) is 22.7 Å². The fraction of sp³-hybridized carbons (Fsp3) is 0.600. The predicted octanol–water partition coefficient (Wildman–Crippen LogP) is 0.506. The van der Waals surface area contributed by atoms with Crippen molar-refractivity contribution in [3.8, 4) is 0 Å². The van der Waals surface area contributed by atoms with E-state index in [1.165, 1.54) is 12.3 Å². The molecular formula is C10H14Cl2N3O6P. The van der Waals surface area contributed by atoms with Crippen molar-refractivity contribution in [1.82, 2.24) is 9.55 Å². The Morgan fingerprint density at radius 1 is 1.50 bits per heavy atom. The van der Waals surface area contributed by atoms with Crippen molar-refractivity contribution >= 4 is 34.4 Å². The van der Waals surface area contributed by atoms with Crippen LogP contribution in [-0.2, 0) is 13.8 Å². The van der Waals surface area contributed by atoms with Gasteiger partial charge in [-0.05, 0) is 28.5 Å². The molecule has 12 heteroatoms. The minimum absolute atomic E-state index is 0.347. The maximum absolute atomic E-state index is 11.9. The van der Waals surface area contributed by atoms with E-state index in [0.29, 0.717) is 5.82 Å². The van der Waals surface area contributed by atoms with Crippen LogP contribution in [0.25, 0.3) is 0 Å². The van der Waals surface area contributed by atoms with E-state index in [1.807, 2.05) is 0 Å². The number of nitrogens with one attached hydrogen (secondary N) is 1. The molecular weight excluding hydrogens is 360 g/mol. The number of aromatic nitrogens is 2. The highest BCUT2D eigenvalue weighted by molar-refractivity contribution is 8.05. The van der Waals surface area contributed by atoms with Gasteiger partial charge in [0.15, 0.2) is 6.23 Å². The molecule has 1 aliphatic heterocycles. The summed E-state index contributed by atoms with van der Waals surface area (Å²) in [6, 6.07) is 1.50. The zero-order valence-electron chi connectivity index (χ0n) is 11.3. The summed E-state index contributed by atoms with van der Waals surface area (Å²) in [4.78, 5) is 15.6. The molecule has 1 aliphatic rings. The topological polar surface area (TPSA) is 123 Å². The molecule has 4 atom stereocenters. The first kappa shape index (κ1) is 17.7. The lowest BCUT2D eigenvalue weighted by molar-refractivity contribution is -0.0506. The molecule has 0 saturated carbocycles. The van der Waals surface area contributed by atoms with Crippen molar-refractivity contribution in [3.63, 3.8) is 0 Å². The highest BCUT2D eigenvalue weighted by Gasteiger charge is 2.44. The normalized spacial score (nSPS) is 28.8. The molecule has 2 rings (SSSR count). The van der Waals surface area contributed by atoms with Crippen LogP contribution in [-0.4, -0.2) is 51.7 Å². The van der Waals surface area contributed by atoms with Crippen molar-refractivity contribution in [1.29, 1.82) is 0 Å². The van der Waals surface area contributed by atoms with Gasteiger partial charge in [0.05, 0.1) is 6.61 Å². The minimum Gasteiger partial charge on any atom is -0.387 e. The van der Waals surface area contributed by atoms with Crippen LogP contribution >= 0.6 is 28.6 Å². The fourth-order valence-corrected chi connectivity index (χ4v) is 2.66. The van der Waals surface area contributed by atoms with Gasteiger partial charge in [-0.2, -0.15) is 4.98 Å². The predicted molar refractivity (Wildman–Crippen MR) is 79.2 cm³/mol. The van der Waals surface area contributed by atoms with E-state index >= 15 is 0 Å². The molecule has 9 nitrogen and oxygen atoms in total. The molecule has 0 spiro atoms. The van der Waals surface area contributed by atoms with Crippen LogP contribution in [0, 0.1) is 0 Å². The summed E-state index contributed by atoms with van der Waals surface area (Å²) in [6.45, 7) is -0.407. The molecule has 1 aromatic heterocycles. The van der Waals surface area contributed by atoms with Crippen LogP contribution in [0.1, 0.15) is 6.23 Å². The first-order valence-corrected chi connectivity index (χ1v) is 9.59. The molecule has 2 heterocycles. The zero-order valence-corrected chi connectivity index (χ0v) is 13.7. The number of anilines is 1. The third-order valence-corrected chi connectivity index (χ3v) is 4.12. The largest absolute Gasteiger partial charge is 0.387 e. The molecule has 1 fully saturated rings. The first-order chi connectivity index (χ1) is 10.2. The monoisotopic (exact) mass is 373 g/mol. The average Bonchev–Trinajstić information content (AvgIpc) is 2.72. The second-order valence-electron chi connectivity index (χ2n) is 4.51. The molecule has 1 aromatic rings. The molecule has 3 N–H and O–H groups in total. The fourth-order valence-electron chi connectivity index (χ4n) is 2.00. The molecule has 22 heavy (non-hydrogen) atoms. The quantitative estimate of drug-likeness (QED) is 0.637. The Morgan fingerprint density at radius 3 is 2.73 bits per heavy atom. The van der Waals surface area contributed by atoms with Gasteiger partial charge in [-0.1, -0.05) is 0 Å². The lowest BCUT2D eigenvalue weighted by Crippen LogP contribution is -2.36. The van der Waals surface area contributed by atoms with Crippen LogP contribution < -0.4 is 11.0 Å². The Hall–Kier alpha value is -0.670. The molecule has 0 aromatic carbocycles. The second kappa shape index (κ2) is 6.84. The maximum atomic E-state index is 11.9. The highest BCUT2D eigenvalue weighted by atomic mass is 35.9. The second-order valence-corrected chi connectivity index (χ2v) is 8.79. The maximum Gasteiger partial charge on any atom is 0.380 e. The Labute approximate surface area is 134 Å². The van der Waals surface area contributed by atoms with Crippen LogP contribution in [0.2, 0.25) is 0 Å². The summed E-state index contributed by atoms with van der Waals surface area (Å²) < 4.78 is 22.1. The van der Waals surface area contributed by atoms with E-state index in [9.17, 15) is 19.6 Å². The molecule has 1 unspecified atom stereocenters. The standard InChI is InChI=1S/C10H14Cl2N3O6P/c1-13-6-2-3-15(10(18)14-6)9-8(17)7(16)5(21-9)4-20-22(11,12)19/h2-3,5,7-9,16-17H,4H2,1H3,(H,13,14,18)/t5-,7+,8?,9-/m1/s1. The summed E-state index contributed by atoms with van der Waals surface area (Å²) in [5.41, 5.74) is -0.676.